The molecule has 1 fully saturated rings. The highest BCUT2D eigenvalue weighted by Gasteiger charge is 2.29. The fourth-order valence-electron chi connectivity index (χ4n) is 3.35. The van der Waals surface area contributed by atoms with Gasteiger partial charge in [0.2, 0.25) is 0 Å². The largest absolute Gasteiger partial charge is 0.504 e. The van der Waals surface area contributed by atoms with Crippen LogP contribution in [0, 0.1) is 6.92 Å². The minimum atomic E-state index is -0.456. The van der Waals surface area contributed by atoms with Gasteiger partial charge in [0.1, 0.15) is 12.7 Å². The molecule has 1 atom stereocenters. The fraction of sp³-hybridized carbons (Fsp3) is 0.421. The van der Waals surface area contributed by atoms with Crippen LogP contribution in [0.3, 0.4) is 0 Å². The molecular weight excluding hydrogens is 352 g/mol. The minimum absolute atomic E-state index is 0.0366. The quantitative estimate of drug-likeness (QED) is 0.843. The van der Waals surface area contributed by atoms with E-state index in [1.54, 1.807) is 22.3 Å². The van der Waals surface area contributed by atoms with Crippen LogP contribution >= 0.6 is 11.3 Å². The zero-order valence-corrected chi connectivity index (χ0v) is 15.5. The molecule has 0 radical (unpaired) electrons. The first-order chi connectivity index (χ1) is 12.6. The number of thiophene rings is 1. The van der Waals surface area contributed by atoms with Gasteiger partial charge in [-0.25, -0.2) is 0 Å². The number of ether oxygens (including phenoxy) is 2. The maximum Gasteiger partial charge on any atom is 0.253 e. The molecule has 2 aliphatic heterocycles. The molecule has 0 saturated carbocycles. The van der Waals surface area contributed by atoms with E-state index >= 15 is 0 Å². The second-order valence-electron chi connectivity index (χ2n) is 6.57. The van der Waals surface area contributed by atoms with Crippen molar-refractivity contribution in [3.63, 3.8) is 0 Å². The van der Waals surface area contributed by atoms with Gasteiger partial charge in [0.05, 0.1) is 13.2 Å². The Kier molecular flexibility index (Phi) is 4.84. The average molecular weight is 374 g/mol. The molecule has 0 spiro atoms. The van der Waals surface area contributed by atoms with E-state index < -0.39 is 6.10 Å². The highest BCUT2D eigenvalue weighted by Crippen LogP contribution is 2.39. The van der Waals surface area contributed by atoms with Crippen LogP contribution in [0.25, 0.3) is 10.4 Å². The molecule has 1 saturated heterocycles. The molecule has 1 aromatic heterocycles. The van der Waals surface area contributed by atoms with Gasteiger partial charge < -0.3 is 24.8 Å². The molecule has 1 amide bonds. The van der Waals surface area contributed by atoms with E-state index in [4.69, 9.17) is 9.47 Å². The lowest BCUT2D eigenvalue weighted by molar-refractivity contribution is -0.146. The van der Waals surface area contributed by atoms with Crippen molar-refractivity contribution in [2.45, 2.75) is 19.6 Å². The van der Waals surface area contributed by atoms with Gasteiger partial charge in [-0.1, -0.05) is 0 Å². The number of nitrogens with zero attached hydrogens (tertiary/aromatic N) is 1. The number of aromatic hydroxyl groups is 1. The molecule has 1 unspecified atom stereocenters. The van der Waals surface area contributed by atoms with E-state index in [9.17, 15) is 9.90 Å². The van der Waals surface area contributed by atoms with Crippen LogP contribution in [0.4, 0.5) is 0 Å². The van der Waals surface area contributed by atoms with Crippen molar-refractivity contribution in [1.82, 2.24) is 10.2 Å². The Bertz CT molecular complexity index is 814. The predicted octanol–water partition coefficient (Wildman–Crippen LogP) is 2.14. The lowest BCUT2D eigenvalue weighted by atomic mass is 10.1. The molecule has 7 heteroatoms. The lowest BCUT2D eigenvalue weighted by Gasteiger charge is -2.28. The number of hydrogen-bond donors (Lipinski definition) is 2. The molecular formula is C19H22N2O4S. The summed E-state index contributed by atoms with van der Waals surface area (Å²) >= 11 is 1.67. The lowest BCUT2D eigenvalue weighted by Crippen LogP contribution is -2.49. The number of phenols is 1. The van der Waals surface area contributed by atoms with Gasteiger partial charge >= 0.3 is 0 Å². The Morgan fingerprint density at radius 1 is 1.35 bits per heavy atom. The third-order valence-electron chi connectivity index (χ3n) is 4.65. The first kappa shape index (κ1) is 17.3. The van der Waals surface area contributed by atoms with Crippen molar-refractivity contribution in [2.75, 3.05) is 32.8 Å². The SMILES string of the molecule is Cc1ccc(-c2cc(O)c3c(c2)CN(C(=O)C2CNCCO2)CCO3)s1. The van der Waals surface area contributed by atoms with Gasteiger partial charge in [0.15, 0.2) is 11.5 Å². The van der Waals surface area contributed by atoms with Crippen molar-refractivity contribution >= 4 is 17.2 Å². The van der Waals surface area contributed by atoms with E-state index in [0.717, 1.165) is 22.5 Å². The summed E-state index contributed by atoms with van der Waals surface area (Å²) in [7, 11) is 0. The Hall–Kier alpha value is -2.09. The Labute approximate surface area is 156 Å². The first-order valence-corrected chi connectivity index (χ1v) is 9.60. The Morgan fingerprint density at radius 3 is 2.96 bits per heavy atom. The second-order valence-corrected chi connectivity index (χ2v) is 7.85. The van der Waals surface area contributed by atoms with Gasteiger partial charge in [-0.15, -0.1) is 11.3 Å². The summed E-state index contributed by atoms with van der Waals surface area (Å²) in [5.41, 5.74) is 1.76. The number of aryl methyl sites for hydroxylation is 1. The number of carbonyl (C=O) groups excluding carboxylic acids is 1. The highest BCUT2D eigenvalue weighted by molar-refractivity contribution is 7.15. The summed E-state index contributed by atoms with van der Waals surface area (Å²) in [5.74, 6) is 0.555. The maximum absolute atomic E-state index is 12.8. The molecule has 1 aromatic carbocycles. The molecule has 6 nitrogen and oxygen atoms in total. The third-order valence-corrected chi connectivity index (χ3v) is 5.70. The number of rotatable bonds is 2. The monoisotopic (exact) mass is 374 g/mol. The van der Waals surface area contributed by atoms with Crippen LogP contribution in [0.5, 0.6) is 11.5 Å². The van der Waals surface area contributed by atoms with Crippen LogP contribution in [0.15, 0.2) is 24.3 Å². The normalized spacial score (nSPS) is 20.2. The number of morpholine rings is 1. The topological polar surface area (TPSA) is 71.0 Å². The maximum atomic E-state index is 12.8. The number of carbonyl (C=O) groups is 1. The molecule has 4 rings (SSSR count). The average Bonchev–Trinajstić information content (AvgIpc) is 2.97. The van der Waals surface area contributed by atoms with E-state index in [1.807, 2.05) is 12.1 Å². The second kappa shape index (κ2) is 7.26. The molecule has 2 aliphatic rings. The van der Waals surface area contributed by atoms with E-state index in [1.165, 1.54) is 4.88 Å². The van der Waals surface area contributed by atoms with Crippen molar-refractivity contribution in [3.05, 3.63) is 34.7 Å². The number of fused-ring (bicyclic) bond motifs is 1. The first-order valence-electron chi connectivity index (χ1n) is 8.78. The van der Waals surface area contributed by atoms with Gasteiger partial charge in [0.25, 0.3) is 5.91 Å². The van der Waals surface area contributed by atoms with E-state index in [-0.39, 0.29) is 11.7 Å². The van der Waals surface area contributed by atoms with Crippen molar-refractivity contribution in [1.29, 1.82) is 0 Å². The smallest absolute Gasteiger partial charge is 0.253 e. The summed E-state index contributed by atoms with van der Waals surface area (Å²) in [6.07, 6.45) is -0.456. The van der Waals surface area contributed by atoms with Crippen LogP contribution < -0.4 is 10.1 Å². The summed E-state index contributed by atoms with van der Waals surface area (Å²) in [5, 5.41) is 13.6. The highest BCUT2D eigenvalue weighted by atomic mass is 32.1. The number of hydrogen-bond acceptors (Lipinski definition) is 6. The minimum Gasteiger partial charge on any atom is -0.504 e. The van der Waals surface area contributed by atoms with Crippen LogP contribution in [0.2, 0.25) is 0 Å². The number of amides is 1. The van der Waals surface area contributed by atoms with Crippen LogP contribution in [0.1, 0.15) is 10.4 Å². The number of benzene rings is 1. The fourth-order valence-corrected chi connectivity index (χ4v) is 4.20. The number of nitrogens with one attached hydrogen (secondary N) is 1. The van der Waals surface area contributed by atoms with Crippen molar-refractivity contribution < 1.29 is 19.4 Å². The molecule has 0 aliphatic carbocycles. The van der Waals surface area contributed by atoms with Crippen molar-refractivity contribution in [2.24, 2.45) is 0 Å². The molecule has 26 heavy (non-hydrogen) atoms. The summed E-state index contributed by atoms with van der Waals surface area (Å²) in [4.78, 5) is 16.9. The van der Waals surface area contributed by atoms with E-state index in [2.05, 4.69) is 18.3 Å². The van der Waals surface area contributed by atoms with Gasteiger partial charge in [0, 0.05) is 35.0 Å². The molecule has 3 heterocycles. The van der Waals surface area contributed by atoms with Gasteiger partial charge in [-0.2, -0.15) is 0 Å². The third kappa shape index (κ3) is 3.42. The molecule has 138 valence electrons. The summed E-state index contributed by atoms with van der Waals surface area (Å²) in [6.45, 7) is 5.12. The molecule has 2 N–H and O–H groups in total. The van der Waals surface area contributed by atoms with Crippen molar-refractivity contribution in [3.8, 4) is 21.9 Å². The van der Waals surface area contributed by atoms with Crippen LogP contribution in [-0.2, 0) is 16.1 Å². The van der Waals surface area contributed by atoms with Gasteiger partial charge in [-0.05, 0) is 36.8 Å². The zero-order valence-electron chi connectivity index (χ0n) is 14.7. The van der Waals surface area contributed by atoms with Crippen LogP contribution in [-0.4, -0.2) is 54.9 Å². The zero-order chi connectivity index (χ0) is 18.1. The standard InChI is InChI=1S/C19H22N2O4S/c1-12-2-3-17(26-12)13-8-14-11-21(5-7-25-18(14)15(22)9-13)19(23)16-10-20-4-6-24-16/h2-3,8-9,16,20,22H,4-7,10-11H2,1H3. The van der Waals surface area contributed by atoms with Gasteiger partial charge in [-0.3, -0.25) is 4.79 Å². The molecule has 2 aromatic rings. The Morgan fingerprint density at radius 2 is 2.23 bits per heavy atom. The number of phenolic OH excluding ortho intramolecular Hbond substituents is 1. The summed E-state index contributed by atoms with van der Waals surface area (Å²) < 4.78 is 11.3. The molecule has 0 bridgehead atoms. The predicted molar refractivity (Wildman–Crippen MR) is 99.7 cm³/mol. The summed E-state index contributed by atoms with van der Waals surface area (Å²) in [6, 6.07) is 7.84. The Balaban J connectivity index is 1.62. The van der Waals surface area contributed by atoms with E-state index in [0.29, 0.717) is 38.6 Å².